The lowest BCUT2D eigenvalue weighted by Gasteiger charge is -2.14. The van der Waals surface area contributed by atoms with Crippen molar-refractivity contribution in [1.82, 2.24) is 4.98 Å². The van der Waals surface area contributed by atoms with E-state index in [4.69, 9.17) is 16.1 Å². The molecule has 24 heavy (non-hydrogen) atoms. The van der Waals surface area contributed by atoms with E-state index in [0.717, 1.165) is 0 Å². The molecular formula is C16H15FN4O3. The summed E-state index contributed by atoms with van der Waals surface area (Å²) in [5, 5.41) is 10.7. The quantitative estimate of drug-likeness (QED) is 0.378. The predicted octanol–water partition coefficient (Wildman–Crippen LogP) is 1.49. The number of hydrogen-bond donors (Lipinski definition) is 3. The summed E-state index contributed by atoms with van der Waals surface area (Å²) >= 11 is 0. The molecule has 0 aliphatic rings. The lowest BCUT2D eigenvalue weighted by Crippen LogP contribution is -2.39. The highest BCUT2D eigenvalue weighted by molar-refractivity contribution is 5.82. The Bertz CT molecular complexity index is 985. The van der Waals surface area contributed by atoms with Gasteiger partial charge in [-0.3, -0.25) is 0 Å². The maximum atomic E-state index is 14.4. The fourth-order valence-corrected chi connectivity index (χ4v) is 2.57. The molecule has 2 aromatic heterocycles. The number of nitrogens with two attached hydrogens (primary N) is 2. The predicted molar refractivity (Wildman–Crippen MR) is 86.7 cm³/mol. The van der Waals surface area contributed by atoms with Crippen LogP contribution in [0.1, 0.15) is 16.7 Å². The van der Waals surface area contributed by atoms with Crippen LogP contribution in [0.15, 0.2) is 39.7 Å². The van der Waals surface area contributed by atoms with Crippen LogP contribution in [-0.2, 0) is 6.42 Å². The van der Waals surface area contributed by atoms with Crippen molar-refractivity contribution in [1.29, 1.82) is 0 Å². The molecule has 0 fully saturated rings. The van der Waals surface area contributed by atoms with Gasteiger partial charge in [-0.1, -0.05) is 0 Å². The first-order valence-corrected chi connectivity index (χ1v) is 7.06. The number of fused-ring (bicyclic) bond motifs is 1. The normalized spacial score (nSPS) is 11.0. The standard InChI is InChI=1S/C16H15FN4O3/c1-8-11-3-2-10(22)7-13(11)24-16(23)12(8)6-9-4-5-20-15(14(9)17)21(18)19/h2-5,7,22H,6,18-19H2,1H3. The number of hydrogen-bond acceptors (Lipinski definition) is 7. The van der Waals surface area contributed by atoms with E-state index in [2.05, 4.69) is 4.98 Å². The molecule has 5 N–H and O–H groups in total. The molecule has 7 nitrogen and oxygen atoms in total. The van der Waals surface area contributed by atoms with Crippen molar-refractivity contribution >= 4 is 16.8 Å². The molecule has 0 spiro atoms. The summed E-state index contributed by atoms with van der Waals surface area (Å²) in [6, 6.07) is 5.94. The third kappa shape index (κ3) is 2.68. The Kier molecular flexibility index (Phi) is 3.92. The van der Waals surface area contributed by atoms with E-state index in [1.807, 2.05) is 0 Å². The zero-order valence-electron chi connectivity index (χ0n) is 12.8. The van der Waals surface area contributed by atoms with Crippen LogP contribution in [0, 0.1) is 12.7 Å². The van der Waals surface area contributed by atoms with Gasteiger partial charge < -0.3 is 9.52 Å². The number of anilines is 1. The van der Waals surface area contributed by atoms with E-state index < -0.39 is 11.4 Å². The Balaban J connectivity index is 2.13. The molecule has 1 aromatic carbocycles. The molecule has 0 saturated carbocycles. The molecule has 3 aromatic rings. The zero-order chi connectivity index (χ0) is 17.4. The number of phenolic OH excluding ortho intramolecular Hbond substituents is 1. The monoisotopic (exact) mass is 330 g/mol. The second-order valence-corrected chi connectivity index (χ2v) is 5.37. The first-order chi connectivity index (χ1) is 11.4. The summed E-state index contributed by atoms with van der Waals surface area (Å²) < 4.78 is 19.6. The molecule has 0 aliphatic heterocycles. The number of aryl methyl sites for hydroxylation is 1. The third-order valence-electron chi connectivity index (χ3n) is 3.83. The van der Waals surface area contributed by atoms with Crippen molar-refractivity contribution in [3.8, 4) is 5.75 Å². The Morgan fingerprint density at radius 1 is 1.33 bits per heavy atom. The van der Waals surface area contributed by atoms with Gasteiger partial charge in [0.2, 0.25) is 0 Å². The van der Waals surface area contributed by atoms with Crippen molar-refractivity contribution in [2.24, 2.45) is 11.7 Å². The molecule has 0 unspecified atom stereocenters. The molecule has 0 radical (unpaired) electrons. The van der Waals surface area contributed by atoms with Gasteiger partial charge in [0.15, 0.2) is 11.6 Å². The molecule has 0 atom stereocenters. The molecule has 0 amide bonds. The van der Waals surface area contributed by atoms with Crippen molar-refractivity contribution in [3.63, 3.8) is 0 Å². The van der Waals surface area contributed by atoms with Crippen molar-refractivity contribution in [2.75, 3.05) is 5.12 Å². The number of rotatable bonds is 3. The van der Waals surface area contributed by atoms with Crippen LogP contribution in [0.2, 0.25) is 0 Å². The molecule has 0 aliphatic carbocycles. The number of benzene rings is 1. The third-order valence-corrected chi connectivity index (χ3v) is 3.83. The molecule has 2 heterocycles. The molecule has 0 saturated heterocycles. The van der Waals surface area contributed by atoms with Crippen molar-refractivity contribution < 1.29 is 13.9 Å². The first-order valence-electron chi connectivity index (χ1n) is 7.06. The number of nitrogens with zero attached hydrogens (tertiary/aromatic N) is 2. The van der Waals surface area contributed by atoms with Gasteiger partial charge in [0.05, 0.1) is 0 Å². The SMILES string of the molecule is Cc1c(Cc2ccnc(N(N)N)c2F)c(=O)oc2cc(O)ccc12. The van der Waals surface area contributed by atoms with Crippen LogP contribution in [0.5, 0.6) is 5.75 Å². The summed E-state index contributed by atoms with van der Waals surface area (Å²) in [6.45, 7) is 1.74. The summed E-state index contributed by atoms with van der Waals surface area (Å²) in [7, 11) is 0. The maximum Gasteiger partial charge on any atom is 0.340 e. The molecule has 124 valence electrons. The number of hydrazine groups is 2. The van der Waals surface area contributed by atoms with Crippen LogP contribution >= 0.6 is 0 Å². The molecule has 8 heteroatoms. The van der Waals surface area contributed by atoms with Crippen LogP contribution in [0.3, 0.4) is 0 Å². The lowest BCUT2D eigenvalue weighted by molar-refractivity contribution is 0.472. The fraction of sp³-hybridized carbons (Fsp3) is 0.125. The summed E-state index contributed by atoms with van der Waals surface area (Å²) in [5.74, 6) is 9.73. The minimum Gasteiger partial charge on any atom is -0.508 e. The average Bonchev–Trinajstić information content (AvgIpc) is 2.52. The second-order valence-electron chi connectivity index (χ2n) is 5.37. The van der Waals surface area contributed by atoms with Gasteiger partial charge in [0.1, 0.15) is 11.3 Å². The van der Waals surface area contributed by atoms with E-state index >= 15 is 0 Å². The molecule has 3 rings (SSSR count). The summed E-state index contributed by atoms with van der Waals surface area (Å²) in [5.41, 5.74) is 0.851. The number of halogens is 1. The zero-order valence-corrected chi connectivity index (χ0v) is 12.8. The van der Waals surface area contributed by atoms with Crippen molar-refractivity contribution in [3.05, 3.63) is 63.4 Å². The van der Waals surface area contributed by atoms with E-state index in [0.29, 0.717) is 21.6 Å². The van der Waals surface area contributed by atoms with Gasteiger partial charge in [-0.05, 0) is 36.2 Å². The maximum absolute atomic E-state index is 14.4. The highest BCUT2D eigenvalue weighted by Crippen LogP contribution is 2.25. The fourth-order valence-electron chi connectivity index (χ4n) is 2.57. The smallest absolute Gasteiger partial charge is 0.340 e. The van der Waals surface area contributed by atoms with Crippen LogP contribution in [0.4, 0.5) is 10.2 Å². The van der Waals surface area contributed by atoms with Gasteiger partial charge in [-0.25, -0.2) is 31.0 Å². The van der Waals surface area contributed by atoms with E-state index in [9.17, 15) is 14.3 Å². The van der Waals surface area contributed by atoms with E-state index in [-0.39, 0.29) is 29.1 Å². The van der Waals surface area contributed by atoms with Gasteiger partial charge >= 0.3 is 5.63 Å². The second kappa shape index (κ2) is 5.91. The highest BCUT2D eigenvalue weighted by atomic mass is 19.1. The topological polar surface area (TPSA) is 119 Å². The Labute approximate surface area is 135 Å². The minimum atomic E-state index is -0.702. The van der Waals surface area contributed by atoms with E-state index in [1.165, 1.54) is 24.4 Å². The largest absolute Gasteiger partial charge is 0.508 e. The number of aromatic hydroxyl groups is 1. The Morgan fingerprint density at radius 3 is 2.79 bits per heavy atom. The van der Waals surface area contributed by atoms with Crippen LogP contribution in [-0.4, -0.2) is 10.1 Å². The Hall–Kier alpha value is -2.97. The number of phenols is 1. The minimum absolute atomic E-state index is 0.000175. The van der Waals surface area contributed by atoms with Gasteiger partial charge in [0, 0.05) is 29.6 Å². The van der Waals surface area contributed by atoms with E-state index in [1.54, 1.807) is 13.0 Å². The van der Waals surface area contributed by atoms with Crippen LogP contribution < -0.4 is 22.4 Å². The van der Waals surface area contributed by atoms with Gasteiger partial charge in [0.25, 0.3) is 0 Å². The number of aromatic nitrogens is 1. The highest BCUT2D eigenvalue weighted by Gasteiger charge is 2.17. The van der Waals surface area contributed by atoms with Crippen LogP contribution in [0.25, 0.3) is 11.0 Å². The van der Waals surface area contributed by atoms with Gasteiger partial charge in [-0.15, -0.1) is 0 Å². The summed E-state index contributed by atoms with van der Waals surface area (Å²) in [4.78, 5) is 16.0. The molecule has 0 bridgehead atoms. The van der Waals surface area contributed by atoms with Gasteiger partial charge in [-0.2, -0.15) is 0 Å². The molecular weight excluding hydrogens is 315 g/mol. The summed E-state index contributed by atoms with van der Waals surface area (Å²) in [6.07, 6.45) is 1.36. The Morgan fingerprint density at radius 2 is 2.08 bits per heavy atom. The number of pyridine rings is 1. The lowest BCUT2D eigenvalue weighted by atomic mass is 10.00. The van der Waals surface area contributed by atoms with Crippen molar-refractivity contribution in [2.45, 2.75) is 13.3 Å². The average molecular weight is 330 g/mol. The first kappa shape index (κ1) is 15.9.